The molecule has 98 valence electrons. The van der Waals surface area contributed by atoms with Crippen LogP contribution in [0.4, 0.5) is 11.8 Å². The highest BCUT2D eigenvalue weighted by atomic mass is 35.5. The summed E-state index contributed by atoms with van der Waals surface area (Å²) in [6, 6.07) is 0. The molecular formula is C13H19ClN4. The summed E-state index contributed by atoms with van der Waals surface area (Å²) in [6.07, 6.45) is 7.22. The van der Waals surface area contributed by atoms with Crippen molar-refractivity contribution < 1.29 is 0 Å². The van der Waals surface area contributed by atoms with Gasteiger partial charge in [-0.1, -0.05) is 18.0 Å². The van der Waals surface area contributed by atoms with Crippen molar-refractivity contribution in [2.45, 2.75) is 25.7 Å². The van der Waals surface area contributed by atoms with Crippen molar-refractivity contribution in [2.24, 2.45) is 17.8 Å². The predicted octanol–water partition coefficient (Wildman–Crippen LogP) is 2.58. The number of fused-ring (bicyclic) bond motifs is 2. The van der Waals surface area contributed by atoms with E-state index in [9.17, 15) is 0 Å². The summed E-state index contributed by atoms with van der Waals surface area (Å²) >= 11 is 6.13. The summed E-state index contributed by atoms with van der Waals surface area (Å²) in [5.74, 6) is 3.72. The van der Waals surface area contributed by atoms with Gasteiger partial charge < -0.3 is 10.6 Å². The van der Waals surface area contributed by atoms with Gasteiger partial charge in [-0.25, -0.2) is 4.98 Å². The van der Waals surface area contributed by atoms with Crippen LogP contribution >= 0.6 is 11.6 Å². The average molecular weight is 267 g/mol. The standard InChI is InChI=1S/C13H19ClN4/c1-18(12-11(14)6-16-13(15)17-12)7-10-5-8-2-3-9(10)4-8/h6,8-10H,2-5,7H2,1H3,(H2,15,16,17). The second-order valence-corrected chi connectivity index (χ2v) is 6.12. The van der Waals surface area contributed by atoms with E-state index in [1.54, 1.807) is 6.20 Å². The zero-order valence-electron chi connectivity index (χ0n) is 10.6. The molecule has 2 saturated carbocycles. The number of nitrogens with zero attached hydrogens (tertiary/aromatic N) is 3. The Labute approximate surface area is 113 Å². The number of rotatable bonds is 3. The van der Waals surface area contributed by atoms with E-state index in [0.717, 1.165) is 30.1 Å². The number of hydrogen-bond donors (Lipinski definition) is 1. The fourth-order valence-electron chi connectivity index (χ4n) is 3.68. The highest BCUT2D eigenvalue weighted by molar-refractivity contribution is 6.32. The molecule has 5 heteroatoms. The van der Waals surface area contributed by atoms with E-state index >= 15 is 0 Å². The third kappa shape index (κ3) is 2.14. The Morgan fingerprint density at radius 1 is 1.44 bits per heavy atom. The Bertz CT molecular complexity index is 451. The van der Waals surface area contributed by atoms with E-state index < -0.39 is 0 Å². The first kappa shape index (κ1) is 12.0. The Morgan fingerprint density at radius 3 is 2.94 bits per heavy atom. The summed E-state index contributed by atoms with van der Waals surface area (Å²) in [5.41, 5.74) is 5.63. The molecule has 2 fully saturated rings. The lowest BCUT2D eigenvalue weighted by Gasteiger charge is -2.28. The summed E-state index contributed by atoms with van der Waals surface area (Å²) < 4.78 is 0. The van der Waals surface area contributed by atoms with Crippen LogP contribution in [0, 0.1) is 17.8 Å². The number of anilines is 2. The highest BCUT2D eigenvalue weighted by Crippen LogP contribution is 2.48. The average Bonchev–Trinajstić information content (AvgIpc) is 2.94. The van der Waals surface area contributed by atoms with Crippen LogP contribution < -0.4 is 10.6 Å². The van der Waals surface area contributed by atoms with Gasteiger partial charge in [0.25, 0.3) is 0 Å². The number of halogens is 1. The maximum Gasteiger partial charge on any atom is 0.222 e. The normalized spacial score (nSPS) is 29.8. The molecule has 1 aromatic heterocycles. The molecule has 0 radical (unpaired) electrons. The molecular weight excluding hydrogens is 248 g/mol. The molecule has 0 saturated heterocycles. The third-order valence-electron chi connectivity index (χ3n) is 4.50. The van der Waals surface area contributed by atoms with E-state index in [0.29, 0.717) is 5.02 Å². The second-order valence-electron chi connectivity index (χ2n) is 5.72. The van der Waals surface area contributed by atoms with Crippen molar-refractivity contribution in [1.29, 1.82) is 0 Å². The van der Waals surface area contributed by atoms with Crippen LogP contribution in [-0.4, -0.2) is 23.6 Å². The maximum absolute atomic E-state index is 6.13. The van der Waals surface area contributed by atoms with Crippen LogP contribution in [-0.2, 0) is 0 Å². The first-order chi connectivity index (χ1) is 8.63. The van der Waals surface area contributed by atoms with Crippen LogP contribution in [0.15, 0.2) is 6.20 Å². The smallest absolute Gasteiger partial charge is 0.222 e. The Morgan fingerprint density at radius 2 is 2.28 bits per heavy atom. The second kappa shape index (κ2) is 4.57. The number of aromatic nitrogens is 2. The first-order valence-corrected chi connectivity index (χ1v) is 7.00. The zero-order valence-corrected chi connectivity index (χ0v) is 11.4. The van der Waals surface area contributed by atoms with Gasteiger partial charge in [-0.3, -0.25) is 0 Å². The molecule has 0 amide bonds. The SMILES string of the molecule is CN(CC1CC2CCC1C2)c1nc(N)ncc1Cl. The van der Waals surface area contributed by atoms with Gasteiger partial charge in [-0.15, -0.1) is 0 Å². The van der Waals surface area contributed by atoms with Gasteiger partial charge >= 0.3 is 0 Å². The minimum Gasteiger partial charge on any atom is -0.368 e. The molecule has 2 aliphatic rings. The fraction of sp³-hybridized carbons (Fsp3) is 0.692. The molecule has 1 aromatic rings. The van der Waals surface area contributed by atoms with E-state index in [1.165, 1.54) is 25.7 Å². The number of nitrogens with two attached hydrogens (primary N) is 1. The lowest BCUT2D eigenvalue weighted by Crippen LogP contribution is -2.29. The van der Waals surface area contributed by atoms with Crippen molar-refractivity contribution >= 4 is 23.4 Å². The Hall–Kier alpha value is -1.03. The van der Waals surface area contributed by atoms with Crippen LogP contribution in [0.3, 0.4) is 0 Å². The van der Waals surface area contributed by atoms with Crippen LogP contribution in [0.2, 0.25) is 5.02 Å². The zero-order chi connectivity index (χ0) is 12.7. The maximum atomic E-state index is 6.13. The highest BCUT2D eigenvalue weighted by Gasteiger charge is 2.39. The molecule has 2 N–H and O–H groups in total. The predicted molar refractivity (Wildman–Crippen MR) is 73.7 cm³/mol. The summed E-state index contributed by atoms with van der Waals surface area (Å²) in [4.78, 5) is 10.3. The Balaban J connectivity index is 1.71. The third-order valence-corrected chi connectivity index (χ3v) is 4.77. The summed E-state index contributed by atoms with van der Waals surface area (Å²) in [7, 11) is 2.04. The molecule has 2 bridgehead atoms. The molecule has 1 heterocycles. The lowest BCUT2D eigenvalue weighted by molar-refractivity contribution is 0.337. The van der Waals surface area contributed by atoms with Gasteiger partial charge in [0.05, 0.1) is 6.20 Å². The minimum absolute atomic E-state index is 0.286. The Kier molecular flexibility index (Phi) is 3.06. The van der Waals surface area contributed by atoms with E-state index in [1.807, 2.05) is 7.05 Å². The quantitative estimate of drug-likeness (QED) is 0.914. The molecule has 2 aliphatic carbocycles. The van der Waals surface area contributed by atoms with Crippen molar-refractivity contribution in [3.8, 4) is 0 Å². The monoisotopic (exact) mass is 266 g/mol. The van der Waals surface area contributed by atoms with Crippen molar-refractivity contribution in [1.82, 2.24) is 9.97 Å². The topological polar surface area (TPSA) is 55.0 Å². The molecule has 0 aromatic carbocycles. The summed E-state index contributed by atoms with van der Waals surface area (Å²) in [6.45, 7) is 1.03. The van der Waals surface area contributed by atoms with Crippen molar-refractivity contribution in [2.75, 3.05) is 24.2 Å². The molecule has 4 nitrogen and oxygen atoms in total. The number of hydrogen-bond acceptors (Lipinski definition) is 4. The van der Waals surface area contributed by atoms with Gasteiger partial charge in [-0.2, -0.15) is 4.98 Å². The van der Waals surface area contributed by atoms with Gasteiger partial charge in [0.1, 0.15) is 5.02 Å². The molecule has 0 spiro atoms. The van der Waals surface area contributed by atoms with E-state index in [4.69, 9.17) is 17.3 Å². The van der Waals surface area contributed by atoms with Crippen LogP contribution in [0.1, 0.15) is 25.7 Å². The molecule has 3 rings (SSSR count). The van der Waals surface area contributed by atoms with Gasteiger partial charge in [0.2, 0.25) is 5.95 Å². The number of nitrogen functional groups attached to an aromatic ring is 1. The minimum atomic E-state index is 0.286. The van der Waals surface area contributed by atoms with Gasteiger partial charge in [0.15, 0.2) is 5.82 Å². The first-order valence-electron chi connectivity index (χ1n) is 6.62. The van der Waals surface area contributed by atoms with E-state index in [2.05, 4.69) is 14.9 Å². The fourth-order valence-corrected chi connectivity index (χ4v) is 3.91. The molecule has 0 aliphatic heterocycles. The van der Waals surface area contributed by atoms with Crippen LogP contribution in [0.5, 0.6) is 0 Å². The van der Waals surface area contributed by atoms with Crippen molar-refractivity contribution in [3.05, 3.63) is 11.2 Å². The molecule has 18 heavy (non-hydrogen) atoms. The van der Waals surface area contributed by atoms with E-state index in [-0.39, 0.29) is 5.95 Å². The van der Waals surface area contributed by atoms with Gasteiger partial charge in [-0.05, 0) is 37.0 Å². The van der Waals surface area contributed by atoms with Crippen LogP contribution in [0.25, 0.3) is 0 Å². The lowest BCUT2D eigenvalue weighted by atomic mass is 9.88. The van der Waals surface area contributed by atoms with Gasteiger partial charge in [0, 0.05) is 13.6 Å². The largest absolute Gasteiger partial charge is 0.368 e. The molecule has 3 atom stereocenters. The molecule has 3 unspecified atom stereocenters. The summed E-state index contributed by atoms with van der Waals surface area (Å²) in [5, 5.41) is 0.579. The van der Waals surface area contributed by atoms with Crippen molar-refractivity contribution in [3.63, 3.8) is 0 Å².